The maximum absolute atomic E-state index is 11.6. The number of aromatic amines is 2. The highest BCUT2D eigenvalue weighted by atomic mass is 16.4. The van der Waals surface area contributed by atoms with Crippen LogP contribution in [0.25, 0.3) is 44.4 Å². The smallest absolute Gasteiger partial charge is 0.303 e. The van der Waals surface area contributed by atoms with Crippen molar-refractivity contribution in [1.82, 2.24) is 19.9 Å². The summed E-state index contributed by atoms with van der Waals surface area (Å²) in [5.41, 5.74) is 15.8. The Kier molecular flexibility index (Phi) is 8.90. The first-order valence-corrected chi connectivity index (χ1v) is 15.7. The maximum Gasteiger partial charge on any atom is 0.303 e. The van der Waals surface area contributed by atoms with Gasteiger partial charge < -0.3 is 20.2 Å². The van der Waals surface area contributed by atoms with Crippen LogP contribution >= 0.6 is 0 Å². The fraction of sp³-hybridized carbons (Fsp3) is 0.389. The van der Waals surface area contributed by atoms with E-state index in [0.717, 1.165) is 81.4 Å². The molecule has 0 radical (unpaired) electrons. The average molecular weight is 595 g/mol. The molecule has 0 unspecified atom stereocenters. The first kappa shape index (κ1) is 31.0. The number of carbonyl (C=O) groups is 2. The van der Waals surface area contributed by atoms with Crippen LogP contribution in [0, 0.1) is 0 Å². The van der Waals surface area contributed by atoms with Crippen LogP contribution in [0.4, 0.5) is 0 Å². The van der Waals surface area contributed by atoms with Crippen molar-refractivity contribution in [3.8, 4) is 0 Å². The predicted octanol–water partition coefficient (Wildman–Crippen LogP) is 8.16. The topological polar surface area (TPSA) is 132 Å². The summed E-state index contributed by atoms with van der Waals surface area (Å²) < 4.78 is 0. The van der Waals surface area contributed by atoms with Gasteiger partial charge in [0.2, 0.25) is 0 Å². The van der Waals surface area contributed by atoms with E-state index in [-0.39, 0.29) is 12.8 Å². The zero-order valence-electron chi connectivity index (χ0n) is 26.6. The van der Waals surface area contributed by atoms with E-state index in [1.54, 1.807) is 0 Å². The van der Waals surface area contributed by atoms with E-state index in [1.807, 2.05) is 19.9 Å². The van der Waals surface area contributed by atoms with Gasteiger partial charge in [-0.15, -0.1) is 0 Å². The van der Waals surface area contributed by atoms with Gasteiger partial charge in [0.05, 0.1) is 22.8 Å². The molecule has 2 aliphatic heterocycles. The van der Waals surface area contributed by atoms with Crippen molar-refractivity contribution in [2.24, 2.45) is 0 Å². The lowest BCUT2D eigenvalue weighted by atomic mass is 9.98. The molecule has 0 fully saturated rings. The predicted molar refractivity (Wildman–Crippen MR) is 177 cm³/mol. The van der Waals surface area contributed by atoms with Gasteiger partial charge in [0, 0.05) is 34.9 Å². The lowest BCUT2D eigenvalue weighted by molar-refractivity contribution is -0.137. The molecule has 3 aromatic rings. The van der Waals surface area contributed by atoms with Gasteiger partial charge in [0.1, 0.15) is 0 Å². The third-order valence-electron chi connectivity index (χ3n) is 9.06. The SMILES string of the molecule is CCc1c(CC)c2cc3[nH]c(cc4nc(cc5nc(cc1[nH]2)C(C)=C5CCC(=O)O)C(CCC(=O)O)=C4C)c(CC)c3CC. The molecule has 0 saturated heterocycles. The zero-order valence-corrected chi connectivity index (χ0v) is 26.6. The monoisotopic (exact) mass is 594 g/mol. The number of carboxylic acids is 2. The maximum atomic E-state index is 11.6. The molecule has 0 aliphatic carbocycles. The number of allylic oxidation sites excluding steroid dienone is 4. The summed E-state index contributed by atoms with van der Waals surface area (Å²) >= 11 is 0. The molecule has 0 saturated carbocycles. The van der Waals surface area contributed by atoms with E-state index >= 15 is 0 Å². The molecule has 0 atom stereocenters. The Bertz CT molecular complexity index is 1750. The Balaban J connectivity index is 1.95. The van der Waals surface area contributed by atoms with Gasteiger partial charge in [-0.2, -0.15) is 0 Å². The first-order chi connectivity index (χ1) is 21.1. The van der Waals surface area contributed by atoms with Crippen molar-refractivity contribution < 1.29 is 19.8 Å². The van der Waals surface area contributed by atoms with Gasteiger partial charge in [0.25, 0.3) is 0 Å². The van der Waals surface area contributed by atoms with Crippen LogP contribution in [0.2, 0.25) is 0 Å². The number of hydrogen-bond donors (Lipinski definition) is 4. The quantitative estimate of drug-likeness (QED) is 0.187. The number of aromatic nitrogens is 4. The number of aliphatic carboxylic acids is 2. The summed E-state index contributed by atoms with van der Waals surface area (Å²) in [4.78, 5) is 40.7. The molecule has 2 aliphatic rings. The molecule has 3 aromatic heterocycles. The molecule has 44 heavy (non-hydrogen) atoms. The Hall–Kier alpha value is -4.46. The molecule has 0 spiro atoms. The van der Waals surface area contributed by atoms with Crippen LogP contribution in [-0.4, -0.2) is 42.1 Å². The van der Waals surface area contributed by atoms with E-state index in [9.17, 15) is 19.8 Å². The van der Waals surface area contributed by atoms with Crippen molar-refractivity contribution in [3.05, 3.63) is 69.3 Å². The van der Waals surface area contributed by atoms with E-state index in [1.165, 1.54) is 22.3 Å². The molecule has 8 bridgehead atoms. The number of rotatable bonds is 10. The number of nitrogens with one attached hydrogen (secondary N) is 2. The van der Waals surface area contributed by atoms with Crippen LogP contribution in [-0.2, 0) is 35.3 Å². The minimum absolute atomic E-state index is 0.0124. The van der Waals surface area contributed by atoms with Crippen LogP contribution in [0.15, 0.2) is 24.3 Å². The number of H-pyrrole nitrogens is 2. The van der Waals surface area contributed by atoms with Crippen molar-refractivity contribution in [1.29, 1.82) is 0 Å². The summed E-state index contributed by atoms with van der Waals surface area (Å²) in [6.07, 6.45) is 4.15. The molecular formula is C36H42N4O4. The number of hydrogen-bond acceptors (Lipinski definition) is 4. The second kappa shape index (κ2) is 12.6. The molecule has 5 heterocycles. The zero-order chi connectivity index (χ0) is 31.7. The highest BCUT2D eigenvalue weighted by Crippen LogP contribution is 2.38. The second-order valence-electron chi connectivity index (χ2n) is 11.6. The number of carboxylic acid groups (broad SMARTS) is 2. The number of nitrogens with zero attached hydrogens (tertiary/aromatic N) is 2. The highest BCUT2D eigenvalue weighted by molar-refractivity contribution is 5.96. The number of aryl methyl sites for hydroxylation is 4. The molecule has 0 amide bonds. The van der Waals surface area contributed by atoms with E-state index in [0.29, 0.717) is 24.2 Å². The van der Waals surface area contributed by atoms with Gasteiger partial charge in [-0.05, 0) is 121 Å². The normalized spacial score (nSPS) is 13.2. The third kappa shape index (κ3) is 5.73. The van der Waals surface area contributed by atoms with Crippen molar-refractivity contribution in [3.63, 3.8) is 0 Å². The summed E-state index contributed by atoms with van der Waals surface area (Å²) in [5.74, 6) is -1.73. The van der Waals surface area contributed by atoms with Crippen LogP contribution in [0.1, 0.15) is 112 Å². The Morgan fingerprint density at radius 2 is 0.909 bits per heavy atom. The Labute approximate surface area is 258 Å². The molecule has 230 valence electrons. The molecule has 8 nitrogen and oxygen atoms in total. The van der Waals surface area contributed by atoms with E-state index in [4.69, 9.17) is 9.97 Å². The summed E-state index contributed by atoms with van der Waals surface area (Å²) in [5, 5.41) is 19.0. The van der Waals surface area contributed by atoms with Crippen molar-refractivity contribution >= 4 is 56.3 Å². The third-order valence-corrected chi connectivity index (χ3v) is 9.06. The van der Waals surface area contributed by atoms with Crippen LogP contribution in [0.5, 0.6) is 0 Å². The van der Waals surface area contributed by atoms with Crippen molar-refractivity contribution in [2.75, 3.05) is 0 Å². The van der Waals surface area contributed by atoms with Crippen LogP contribution < -0.4 is 0 Å². The lowest BCUT2D eigenvalue weighted by Gasteiger charge is -2.05. The average Bonchev–Trinajstić information content (AvgIpc) is 3.67. The van der Waals surface area contributed by atoms with Crippen molar-refractivity contribution in [2.45, 2.75) is 92.9 Å². The molecule has 8 heteroatoms. The van der Waals surface area contributed by atoms with Gasteiger partial charge >= 0.3 is 11.9 Å². The van der Waals surface area contributed by atoms with Gasteiger partial charge in [0.15, 0.2) is 0 Å². The fourth-order valence-corrected chi connectivity index (χ4v) is 6.77. The fourth-order valence-electron chi connectivity index (χ4n) is 6.77. The molecule has 4 N–H and O–H groups in total. The van der Waals surface area contributed by atoms with Gasteiger partial charge in [-0.3, -0.25) is 9.59 Å². The Morgan fingerprint density at radius 1 is 0.568 bits per heavy atom. The highest BCUT2D eigenvalue weighted by Gasteiger charge is 2.23. The van der Waals surface area contributed by atoms with E-state index < -0.39 is 11.9 Å². The number of fused-ring (bicyclic) bond motifs is 8. The van der Waals surface area contributed by atoms with Gasteiger partial charge in [-0.1, -0.05) is 27.7 Å². The minimum atomic E-state index is -0.865. The summed E-state index contributed by atoms with van der Waals surface area (Å²) in [7, 11) is 0. The summed E-state index contributed by atoms with van der Waals surface area (Å²) in [6.45, 7) is 12.7. The molecule has 5 rings (SSSR count). The minimum Gasteiger partial charge on any atom is -0.481 e. The van der Waals surface area contributed by atoms with Gasteiger partial charge in [-0.25, -0.2) is 9.97 Å². The first-order valence-electron chi connectivity index (χ1n) is 15.7. The lowest BCUT2D eigenvalue weighted by Crippen LogP contribution is -1.97. The second-order valence-corrected chi connectivity index (χ2v) is 11.6. The largest absolute Gasteiger partial charge is 0.481 e. The Morgan fingerprint density at radius 3 is 1.23 bits per heavy atom. The molecular weight excluding hydrogens is 552 g/mol. The van der Waals surface area contributed by atoms with Crippen LogP contribution in [0.3, 0.4) is 0 Å². The van der Waals surface area contributed by atoms with E-state index in [2.05, 4.69) is 55.9 Å². The summed E-state index contributed by atoms with van der Waals surface area (Å²) in [6, 6.07) is 8.32. The molecule has 0 aromatic carbocycles. The standard InChI is InChI=1S/C36H42N4O4/c1-7-21-23(9-3)31-17-32-24(10-4)22(8-2)30(40-32)16-28-20(6)26(12-14-36(43)44)34(38-28)18-33-25(11-13-35(41)42)19(5)27(37-33)15-29(21)39-31/h15-18,39-40H,7-14H2,1-6H3,(H,41,42)(H,43,44).